The second-order valence-corrected chi connectivity index (χ2v) is 8.20. The number of carbonyl (C=O) groups is 2. The molecule has 6 heteroatoms. The van der Waals surface area contributed by atoms with E-state index in [1.807, 2.05) is 32.3 Å². The van der Waals surface area contributed by atoms with E-state index in [0.29, 0.717) is 24.2 Å². The predicted molar refractivity (Wildman–Crippen MR) is 121 cm³/mol. The van der Waals surface area contributed by atoms with Crippen molar-refractivity contribution in [3.8, 4) is 0 Å². The van der Waals surface area contributed by atoms with E-state index in [2.05, 4.69) is 27.4 Å². The maximum absolute atomic E-state index is 12.9. The molecular weight excluding hydrogens is 364 g/mol. The fourth-order valence-electron chi connectivity index (χ4n) is 3.66. The van der Waals surface area contributed by atoms with Gasteiger partial charge in [0.1, 0.15) is 0 Å². The first kappa shape index (κ1) is 23.2. The minimum absolute atomic E-state index is 0.0153. The average molecular weight is 403 g/mol. The van der Waals surface area contributed by atoms with Gasteiger partial charge in [-0.15, -0.1) is 0 Å². The van der Waals surface area contributed by atoms with Crippen molar-refractivity contribution in [1.29, 1.82) is 0 Å². The molecule has 162 valence electrons. The highest BCUT2D eigenvalue weighted by molar-refractivity contribution is 6.02. The van der Waals surface area contributed by atoms with Crippen LogP contribution in [0.3, 0.4) is 0 Å². The minimum Gasteiger partial charge on any atom is -0.371 e. The molecule has 1 aromatic rings. The molecule has 0 aliphatic carbocycles. The van der Waals surface area contributed by atoms with Gasteiger partial charge in [-0.1, -0.05) is 19.8 Å². The fourth-order valence-corrected chi connectivity index (χ4v) is 3.66. The molecular formula is C23H38N4O2. The van der Waals surface area contributed by atoms with Gasteiger partial charge in [-0.05, 0) is 70.9 Å². The number of amides is 2. The highest BCUT2D eigenvalue weighted by atomic mass is 16.2. The van der Waals surface area contributed by atoms with Crippen LogP contribution in [0.4, 0.5) is 11.4 Å². The standard InChI is InChI=1S/C23H38N4O2/c1-4-5-7-11-22(28)25-19-12-13-21(27-16-8-6-9-17-27)20(18-19)23(29)24-14-10-15-26(2)3/h12-13,18H,4-11,14-17H2,1-3H3,(H,24,29)(H,25,28). The van der Waals surface area contributed by atoms with Gasteiger partial charge in [0.15, 0.2) is 0 Å². The minimum atomic E-state index is -0.0635. The SMILES string of the molecule is CCCCCC(=O)Nc1ccc(N2CCCCC2)c(C(=O)NCCCN(C)C)c1. The second-order valence-electron chi connectivity index (χ2n) is 8.20. The molecule has 2 amide bonds. The van der Waals surface area contributed by atoms with E-state index in [1.165, 1.54) is 6.42 Å². The van der Waals surface area contributed by atoms with Crippen LogP contribution in [0.15, 0.2) is 18.2 Å². The lowest BCUT2D eigenvalue weighted by atomic mass is 10.1. The number of nitrogens with zero attached hydrogens (tertiary/aromatic N) is 2. The summed E-state index contributed by atoms with van der Waals surface area (Å²) in [5.41, 5.74) is 2.33. The molecule has 1 saturated heterocycles. The van der Waals surface area contributed by atoms with Crippen molar-refractivity contribution < 1.29 is 9.59 Å². The van der Waals surface area contributed by atoms with Gasteiger partial charge in [-0.3, -0.25) is 9.59 Å². The van der Waals surface area contributed by atoms with Crippen LogP contribution < -0.4 is 15.5 Å². The largest absolute Gasteiger partial charge is 0.371 e. The Kier molecular flexibility index (Phi) is 9.98. The molecule has 0 atom stereocenters. The summed E-state index contributed by atoms with van der Waals surface area (Å²) in [7, 11) is 4.06. The molecule has 6 nitrogen and oxygen atoms in total. The van der Waals surface area contributed by atoms with E-state index < -0.39 is 0 Å². The number of piperidine rings is 1. The molecule has 0 spiro atoms. The second kappa shape index (κ2) is 12.5. The highest BCUT2D eigenvalue weighted by Crippen LogP contribution is 2.27. The van der Waals surface area contributed by atoms with Crippen LogP contribution in [0.5, 0.6) is 0 Å². The Balaban J connectivity index is 2.09. The predicted octanol–water partition coefficient (Wildman–Crippen LogP) is 3.88. The summed E-state index contributed by atoms with van der Waals surface area (Å²) in [6, 6.07) is 5.75. The fraction of sp³-hybridized carbons (Fsp3) is 0.652. The van der Waals surface area contributed by atoms with Crippen LogP contribution >= 0.6 is 0 Å². The van der Waals surface area contributed by atoms with Gasteiger partial charge in [0.2, 0.25) is 5.91 Å². The summed E-state index contributed by atoms with van der Waals surface area (Å²) >= 11 is 0. The summed E-state index contributed by atoms with van der Waals surface area (Å²) in [4.78, 5) is 29.5. The summed E-state index contributed by atoms with van der Waals surface area (Å²) in [5, 5.41) is 6.02. The normalized spacial score (nSPS) is 14.1. The smallest absolute Gasteiger partial charge is 0.253 e. The van der Waals surface area contributed by atoms with Crippen molar-refractivity contribution in [3.63, 3.8) is 0 Å². The van der Waals surface area contributed by atoms with Gasteiger partial charge in [-0.2, -0.15) is 0 Å². The summed E-state index contributed by atoms with van der Waals surface area (Å²) < 4.78 is 0. The lowest BCUT2D eigenvalue weighted by Crippen LogP contribution is -2.33. The van der Waals surface area contributed by atoms with Gasteiger partial charge in [-0.25, -0.2) is 0 Å². The number of rotatable bonds is 11. The Morgan fingerprint density at radius 3 is 2.52 bits per heavy atom. The van der Waals surface area contributed by atoms with Crippen molar-refractivity contribution in [3.05, 3.63) is 23.8 Å². The van der Waals surface area contributed by atoms with Crippen LogP contribution in [0.25, 0.3) is 0 Å². The average Bonchev–Trinajstić information content (AvgIpc) is 2.71. The van der Waals surface area contributed by atoms with Crippen molar-refractivity contribution in [1.82, 2.24) is 10.2 Å². The molecule has 0 saturated carbocycles. The van der Waals surface area contributed by atoms with Crippen LogP contribution in [-0.2, 0) is 4.79 Å². The van der Waals surface area contributed by atoms with Crippen LogP contribution in [0, 0.1) is 0 Å². The molecule has 1 aliphatic rings. The third-order valence-electron chi connectivity index (χ3n) is 5.30. The van der Waals surface area contributed by atoms with E-state index in [4.69, 9.17) is 0 Å². The van der Waals surface area contributed by atoms with Crippen molar-refractivity contribution in [2.45, 2.75) is 58.3 Å². The van der Waals surface area contributed by atoms with Crippen molar-refractivity contribution in [2.24, 2.45) is 0 Å². The summed E-state index contributed by atoms with van der Waals surface area (Å²) in [6.07, 6.45) is 8.03. The number of hydrogen-bond acceptors (Lipinski definition) is 4. The van der Waals surface area contributed by atoms with Gasteiger partial charge in [0, 0.05) is 37.4 Å². The zero-order valence-corrected chi connectivity index (χ0v) is 18.4. The maximum Gasteiger partial charge on any atom is 0.253 e. The number of anilines is 2. The molecule has 1 aromatic carbocycles. The lowest BCUT2D eigenvalue weighted by Gasteiger charge is -2.30. The Morgan fingerprint density at radius 1 is 1.07 bits per heavy atom. The monoisotopic (exact) mass is 402 g/mol. The zero-order valence-electron chi connectivity index (χ0n) is 18.4. The number of nitrogens with one attached hydrogen (secondary N) is 2. The topological polar surface area (TPSA) is 64.7 Å². The van der Waals surface area contributed by atoms with Crippen molar-refractivity contribution in [2.75, 3.05) is 50.5 Å². The first-order valence-corrected chi connectivity index (χ1v) is 11.1. The first-order chi connectivity index (χ1) is 14.0. The zero-order chi connectivity index (χ0) is 21.1. The molecule has 0 unspecified atom stereocenters. The first-order valence-electron chi connectivity index (χ1n) is 11.1. The number of benzene rings is 1. The lowest BCUT2D eigenvalue weighted by molar-refractivity contribution is -0.116. The van der Waals surface area contributed by atoms with Gasteiger partial charge < -0.3 is 20.4 Å². The third-order valence-corrected chi connectivity index (χ3v) is 5.30. The molecule has 1 heterocycles. The van der Waals surface area contributed by atoms with E-state index >= 15 is 0 Å². The molecule has 0 radical (unpaired) electrons. The Labute approximate surface area is 176 Å². The molecule has 0 bridgehead atoms. The van der Waals surface area contributed by atoms with E-state index in [1.54, 1.807) is 0 Å². The number of unbranched alkanes of at least 4 members (excludes halogenated alkanes) is 2. The van der Waals surface area contributed by atoms with Crippen molar-refractivity contribution >= 4 is 23.2 Å². The summed E-state index contributed by atoms with van der Waals surface area (Å²) in [5.74, 6) is -0.0482. The summed E-state index contributed by atoms with van der Waals surface area (Å²) in [6.45, 7) is 5.66. The van der Waals surface area contributed by atoms with Crippen LogP contribution in [0.1, 0.15) is 68.6 Å². The van der Waals surface area contributed by atoms with Gasteiger partial charge in [0.25, 0.3) is 5.91 Å². The third kappa shape index (κ3) is 8.05. The molecule has 0 aromatic heterocycles. The molecule has 29 heavy (non-hydrogen) atoms. The molecule has 1 aliphatic heterocycles. The maximum atomic E-state index is 12.9. The van der Waals surface area contributed by atoms with Crippen LogP contribution in [0.2, 0.25) is 0 Å². The van der Waals surface area contributed by atoms with E-state index in [9.17, 15) is 9.59 Å². The Bertz CT molecular complexity index is 654. The number of hydrogen-bond donors (Lipinski definition) is 2. The highest BCUT2D eigenvalue weighted by Gasteiger charge is 2.19. The van der Waals surface area contributed by atoms with Crippen LogP contribution in [-0.4, -0.2) is 57.0 Å². The Hall–Kier alpha value is -2.08. The molecule has 2 N–H and O–H groups in total. The van der Waals surface area contributed by atoms with Gasteiger partial charge in [0.05, 0.1) is 5.56 Å². The molecule has 2 rings (SSSR count). The Morgan fingerprint density at radius 2 is 1.83 bits per heavy atom. The number of carbonyl (C=O) groups excluding carboxylic acids is 2. The van der Waals surface area contributed by atoms with Gasteiger partial charge >= 0.3 is 0 Å². The quantitative estimate of drug-likeness (QED) is 0.552. The molecule has 1 fully saturated rings. The van der Waals surface area contributed by atoms with E-state index in [-0.39, 0.29) is 11.8 Å². The van der Waals surface area contributed by atoms with E-state index in [0.717, 1.165) is 63.8 Å².